The zero-order valence-corrected chi connectivity index (χ0v) is 9.56. The van der Waals surface area contributed by atoms with Crippen LogP contribution in [0.2, 0.25) is 0 Å². The van der Waals surface area contributed by atoms with Gasteiger partial charge in [-0.05, 0) is 30.2 Å². The van der Waals surface area contributed by atoms with Gasteiger partial charge in [-0.1, -0.05) is 25.0 Å². The molecule has 1 aromatic heterocycles. The van der Waals surface area contributed by atoms with E-state index in [4.69, 9.17) is 0 Å². The average molecular weight is 229 g/mol. The topological polar surface area (TPSA) is 66.5 Å². The standard InChI is InChI=1S/C12H15N5/c1-2-6-10(5-1)13-11-7-3-4-9(8-11)12-14-16-17-15-12/h3-4,7-8,10,13H,1-2,5-6H2,(H,14,15,16,17). The first-order chi connectivity index (χ1) is 8.42. The van der Waals surface area contributed by atoms with E-state index in [1.54, 1.807) is 0 Å². The summed E-state index contributed by atoms with van der Waals surface area (Å²) in [6.07, 6.45) is 5.21. The van der Waals surface area contributed by atoms with Gasteiger partial charge in [-0.2, -0.15) is 5.21 Å². The van der Waals surface area contributed by atoms with E-state index >= 15 is 0 Å². The number of tetrazole rings is 1. The van der Waals surface area contributed by atoms with Crippen molar-refractivity contribution in [2.24, 2.45) is 0 Å². The number of nitrogens with one attached hydrogen (secondary N) is 2. The van der Waals surface area contributed by atoms with Crippen LogP contribution in [-0.2, 0) is 0 Å². The van der Waals surface area contributed by atoms with E-state index in [1.165, 1.54) is 25.7 Å². The second-order valence-electron chi connectivity index (χ2n) is 4.44. The van der Waals surface area contributed by atoms with Crippen LogP contribution in [0, 0.1) is 0 Å². The van der Waals surface area contributed by atoms with Gasteiger partial charge in [-0.25, -0.2) is 0 Å². The van der Waals surface area contributed by atoms with Gasteiger partial charge in [0.15, 0.2) is 0 Å². The summed E-state index contributed by atoms with van der Waals surface area (Å²) in [5.41, 5.74) is 2.13. The zero-order chi connectivity index (χ0) is 11.5. The molecule has 1 aromatic carbocycles. The highest BCUT2D eigenvalue weighted by molar-refractivity contribution is 5.61. The van der Waals surface area contributed by atoms with Gasteiger partial charge in [0.25, 0.3) is 0 Å². The van der Waals surface area contributed by atoms with Crippen LogP contribution in [0.3, 0.4) is 0 Å². The largest absolute Gasteiger partial charge is 0.382 e. The van der Waals surface area contributed by atoms with Crippen LogP contribution < -0.4 is 5.32 Å². The van der Waals surface area contributed by atoms with Gasteiger partial charge in [-0.15, -0.1) is 10.2 Å². The van der Waals surface area contributed by atoms with E-state index in [0.29, 0.717) is 11.9 Å². The van der Waals surface area contributed by atoms with Crippen molar-refractivity contribution >= 4 is 5.69 Å². The highest BCUT2D eigenvalue weighted by atomic mass is 15.5. The van der Waals surface area contributed by atoms with Gasteiger partial charge in [0, 0.05) is 17.3 Å². The summed E-state index contributed by atoms with van der Waals surface area (Å²) < 4.78 is 0. The molecule has 0 atom stereocenters. The molecule has 0 bridgehead atoms. The van der Waals surface area contributed by atoms with Crippen molar-refractivity contribution in [2.45, 2.75) is 31.7 Å². The lowest BCUT2D eigenvalue weighted by molar-refractivity contribution is 0.755. The van der Waals surface area contributed by atoms with Crippen LogP contribution in [0.4, 0.5) is 5.69 Å². The molecule has 88 valence electrons. The molecular formula is C12H15N5. The van der Waals surface area contributed by atoms with E-state index in [1.807, 2.05) is 12.1 Å². The van der Waals surface area contributed by atoms with E-state index in [-0.39, 0.29) is 0 Å². The van der Waals surface area contributed by atoms with Crippen molar-refractivity contribution in [3.05, 3.63) is 24.3 Å². The minimum atomic E-state index is 0.621. The zero-order valence-electron chi connectivity index (χ0n) is 9.56. The molecule has 0 radical (unpaired) electrons. The van der Waals surface area contributed by atoms with Gasteiger partial charge in [0.2, 0.25) is 5.82 Å². The molecule has 2 N–H and O–H groups in total. The molecule has 1 aliphatic rings. The van der Waals surface area contributed by atoms with E-state index in [2.05, 4.69) is 38.1 Å². The smallest absolute Gasteiger partial charge is 0.204 e. The Balaban J connectivity index is 1.79. The van der Waals surface area contributed by atoms with Crippen molar-refractivity contribution in [3.8, 4) is 11.4 Å². The van der Waals surface area contributed by atoms with Crippen LogP contribution in [0.1, 0.15) is 25.7 Å². The molecule has 1 fully saturated rings. The maximum absolute atomic E-state index is 3.98. The van der Waals surface area contributed by atoms with Crippen molar-refractivity contribution < 1.29 is 0 Å². The highest BCUT2D eigenvalue weighted by Crippen LogP contribution is 2.24. The number of aromatic nitrogens is 4. The fraction of sp³-hybridized carbons (Fsp3) is 0.417. The molecule has 3 rings (SSSR count). The predicted octanol–water partition coefficient (Wildman–Crippen LogP) is 2.22. The lowest BCUT2D eigenvalue weighted by atomic mass is 10.1. The number of hydrogen-bond donors (Lipinski definition) is 2. The minimum absolute atomic E-state index is 0.621. The number of hydrogen-bond acceptors (Lipinski definition) is 4. The minimum Gasteiger partial charge on any atom is -0.382 e. The molecule has 0 aliphatic heterocycles. The molecule has 0 unspecified atom stereocenters. The fourth-order valence-electron chi connectivity index (χ4n) is 2.34. The Hall–Kier alpha value is -1.91. The first kappa shape index (κ1) is 10.3. The van der Waals surface area contributed by atoms with Gasteiger partial charge < -0.3 is 5.32 Å². The quantitative estimate of drug-likeness (QED) is 0.847. The number of benzene rings is 1. The van der Waals surface area contributed by atoms with Gasteiger partial charge in [0.05, 0.1) is 0 Å². The summed E-state index contributed by atoms with van der Waals surface area (Å²) in [6, 6.07) is 8.79. The first-order valence-corrected chi connectivity index (χ1v) is 6.02. The second kappa shape index (κ2) is 4.53. The Labute approximate surface area is 99.6 Å². The molecule has 0 saturated heterocycles. The molecule has 5 nitrogen and oxygen atoms in total. The Kier molecular flexibility index (Phi) is 2.73. The van der Waals surface area contributed by atoms with Crippen molar-refractivity contribution in [1.82, 2.24) is 20.6 Å². The number of anilines is 1. The monoisotopic (exact) mass is 229 g/mol. The van der Waals surface area contributed by atoms with E-state index < -0.39 is 0 Å². The Morgan fingerprint density at radius 2 is 2.12 bits per heavy atom. The third-order valence-electron chi connectivity index (χ3n) is 3.19. The number of rotatable bonds is 3. The number of H-pyrrole nitrogens is 1. The van der Waals surface area contributed by atoms with Crippen molar-refractivity contribution in [2.75, 3.05) is 5.32 Å². The average Bonchev–Trinajstić information content (AvgIpc) is 3.01. The van der Waals surface area contributed by atoms with Crippen molar-refractivity contribution in [3.63, 3.8) is 0 Å². The molecule has 5 heteroatoms. The Morgan fingerprint density at radius 3 is 2.88 bits per heavy atom. The molecule has 0 spiro atoms. The van der Waals surface area contributed by atoms with Crippen LogP contribution in [-0.4, -0.2) is 26.7 Å². The molecule has 1 heterocycles. The molecule has 1 saturated carbocycles. The summed E-state index contributed by atoms with van der Waals surface area (Å²) in [4.78, 5) is 0. The molecule has 17 heavy (non-hydrogen) atoms. The number of nitrogens with zero attached hydrogens (tertiary/aromatic N) is 3. The lowest BCUT2D eigenvalue weighted by Gasteiger charge is -2.13. The Bertz CT molecular complexity index is 473. The van der Waals surface area contributed by atoms with Crippen LogP contribution in [0.25, 0.3) is 11.4 Å². The second-order valence-corrected chi connectivity index (χ2v) is 4.44. The summed E-state index contributed by atoms with van der Waals surface area (Å²) in [6.45, 7) is 0. The number of aromatic amines is 1. The summed E-state index contributed by atoms with van der Waals surface area (Å²) in [7, 11) is 0. The van der Waals surface area contributed by atoms with Gasteiger partial charge in [0.1, 0.15) is 0 Å². The van der Waals surface area contributed by atoms with E-state index in [0.717, 1.165) is 11.3 Å². The Morgan fingerprint density at radius 1 is 1.24 bits per heavy atom. The van der Waals surface area contributed by atoms with Crippen LogP contribution >= 0.6 is 0 Å². The van der Waals surface area contributed by atoms with Crippen LogP contribution in [0.5, 0.6) is 0 Å². The molecular weight excluding hydrogens is 214 g/mol. The fourth-order valence-corrected chi connectivity index (χ4v) is 2.34. The normalized spacial score (nSPS) is 16.2. The molecule has 1 aliphatic carbocycles. The molecule has 0 amide bonds. The van der Waals surface area contributed by atoms with Crippen molar-refractivity contribution in [1.29, 1.82) is 0 Å². The highest BCUT2D eigenvalue weighted by Gasteiger charge is 2.14. The SMILES string of the molecule is c1cc(NC2CCCC2)cc(-c2nn[nH]n2)c1. The maximum atomic E-state index is 3.98. The molecule has 2 aromatic rings. The third-order valence-corrected chi connectivity index (χ3v) is 3.19. The van der Waals surface area contributed by atoms with Crippen LogP contribution in [0.15, 0.2) is 24.3 Å². The van der Waals surface area contributed by atoms with Gasteiger partial charge >= 0.3 is 0 Å². The summed E-state index contributed by atoms with van der Waals surface area (Å²) in [5.74, 6) is 0.639. The lowest BCUT2D eigenvalue weighted by Crippen LogP contribution is -2.14. The van der Waals surface area contributed by atoms with Gasteiger partial charge in [-0.3, -0.25) is 0 Å². The van der Waals surface area contributed by atoms with E-state index in [9.17, 15) is 0 Å². The third kappa shape index (κ3) is 2.27. The first-order valence-electron chi connectivity index (χ1n) is 6.02. The summed E-state index contributed by atoms with van der Waals surface area (Å²) in [5, 5.41) is 17.6. The predicted molar refractivity (Wildman–Crippen MR) is 65.5 cm³/mol. The maximum Gasteiger partial charge on any atom is 0.204 e. The summed E-state index contributed by atoms with van der Waals surface area (Å²) >= 11 is 0.